The van der Waals surface area contributed by atoms with E-state index in [2.05, 4.69) is 0 Å². The highest BCUT2D eigenvalue weighted by atomic mass is 32.2. The van der Waals surface area contributed by atoms with Crippen LogP contribution < -0.4 is 20.5 Å². The minimum atomic E-state index is -5.22. The minimum Gasteiger partial charge on any atom is -0.495 e. The fourth-order valence-corrected chi connectivity index (χ4v) is 4.80. The summed E-state index contributed by atoms with van der Waals surface area (Å²) in [6.45, 7) is -0.163. The van der Waals surface area contributed by atoms with Gasteiger partial charge in [0.15, 0.2) is 16.2 Å². The van der Waals surface area contributed by atoms with E-state index in [1.165, 1.54) is 28.4 Å². The topological polar surface area (TPSA) is 128 Å². The molecule has 202 valence electrons. The van der Waals surface area contributed by atoms with E-state index in [1.54, 1.807) is 29.7 Å². The van der Waals surface area contributed by atoms with Crippen LogP contribution in [0.5, 0.6) is 5.75 Å². The molecule has 2 aromatic carbocycles. The van der Waals surface area contributed by atoms with Crippen LogP contribution in [0.1, 0.15) is 15.9 Å². The highest BCUT2D eigenvalue weighted by Crippen LogP contribution is 2.32. The average molecular weight is 549 g/mol. The van der Waals surface area contributed by atoms with E-state index in [0.29, 0.717) is 11.4 Å². The lowest BCUT2D eigenvalue weighted by Gasteiger charge is -2.39. The summed E-state index contributed by atoms with van der Waals surface area (Å²) in [5.41, 5.74) is 2.76. The molecule has 1 aliphatic heterocycles. The molecule has 0 aliphatic carbocycles. The molecule has 3 N–H and O–H groups in total. The van der Waals surface area contributed by atoms with Gasteiger partial charge in [-0.2, -0.15) is 13.2 Å². The minimum absolute atomic E-state index is 0.00506. The molecule has 1 fully saturated rings. The van der Waals surface area contributed by atoms with Gasteiger partial charge < -0.3 is 14.7 Å². The lowest BCUT2D eigenvalue weighted by Crippen LogP contribution is -2.53. The lowest BCUT2D eigenvalue weighted by molar-refractivity contribution is -0.174. The molecule has 0 aromatic heterocycles. The van der Waals surface area contributed by atoms with Crippen LogP contribution in [-0.4, -0.2) is 74.5 Å². The molecule has 1 unspecified atom stereocenters. The molecule has 2 aromatic rings. The summed E-state index contributed by atoms with van der Waals surface area (Å²) >= 11 is 0. The number of aliphatic hydroxyl groups excluding tert-OH is 1. The zero-order chi connectivity index (χ0) is 27.4. The van der Waals surface area contributed by atoms with E-state index < -0.39 is 40.0 Å². The number of hydrogen-bond donors (Lipinski definition) is 3. The predicted molar refractivity (Wildman–Crippen MR) is 123 cm³/mol. The quantitative estimate of drug-likeness (QED) is 0.267. The standard InChI is InChI=1S/C22H24F4N4O6S/c1-36-18-5-3-2-4-17(18)30(21(33)29-8-10-37(34,35)11-9-29)13-15-7-6-14(12-16(15)23)19(31)27-28-20(32)22(24,25)26/h2-7,12,21,33H,8-11,13H2,1H3,(H,27,31)(H,28,32). The van der Waals surface area contributed by atoms with Crippen molar-refractivity contribution in [1.82, 2.24) is 15.8 Å². The lowest BCUT2D eigenvalue weighted by atomic mass is 10.1. The highest BCUT2D eigenvalue weighted by molar-refractivity contribution is 7.91. The summed E-state index contributed by atoms with van der Waals surface area (Å²) in [6, 6.07) is 9.69. The number of benzene rings is 2. The van der Waals surface area contributed by atoms with Gasteiger partial charge in [-0.15, -0.1) is 0 Å². The number of aliphatic hydroxyl groups is 1. The van der Waals surface area contributed by atoms with Crippen LogP contribution in [0.3, 0.4) is 0 Å². The Hall–Kier alpha value is -3.43. The van der Waals surface area contributed by atoms with Crippen molar-refractivity contribution in [2.75, 3.05) is 36.6 Å². The van der Waals surface area contributed by atoms with Gasteiger partial charge in [-0.05, 0) is 24.3 Å². The molecule has 1 saturated heterocycles. The maximum Gasteiger partial charge on any atom is 0.472 e. The van der Waals surface area contributed by atoms with Gasteiger partial charge in [0.1, 0.15) is 11.6 Å². The molecule has 37 heavy (non-hydrogen) atoms. The van der Waals surface area contributed by atoms with Gasteiger partial charge in [-0.3, -0.25) is 25.3 Å². The number of halogens is 4. The van der Waals surface area contributed by atoms with Crippen molar-refractivity contribution in [2.24, 2.45) is 0 Å². The molecule has 0 radical (unpaired) electrons. The Bertz CT molecular complexity index is 1240. The van der Waals surface area contributed by atoms with Crippen LogP contribution in [0.25, 0.3) is 0 Å². The molecular formula is C22H24F4N4O6S. The molecule has 1 aliphatic rings. The molecule has 0 bridgehead atoms. The number of nitrogens with one attached hydrogen (secondary N) is 2. The van der Waals surface area contributed by atoms with E-state index in [4.69, 9.17) is 4.74 Å². The van der Waals surface area contributed by atoms with Crippen molar-refractivity contribution in [3.8, 4) is 5.75 Å². The number of carbonyl (C=O) groups excluding carboxylic acids is 2. The third-order valence-corrected chi connectivity index (χ3v) is 7.19. The Labute approximate surface area is 209 Å². The number of sulfone groups is 1. The number of hydrogen-bond acceptors (Lipinski definition) is 8. The van der Waals surface area contributed by atoms with Gasteiger partial charge in [0, 0.05) is 30.8 Å². The van der Waals surface area contributed by atoms with E-state index >= 15 is 0 Å². The molecule has 3 rings (SSSR count). The van der Waals surface area contributed by atoms with Crippen molar-refractivity contribution in [1.29, 1.82) is 0 Å². The van der Waals surface area contributed by atoms with Crippen LogP contribution in [0, 0.1) is 5.82 Å². The van der Waals surface area contributed by atoms with Gasteiger partial charge in [0.25, 0.3) is 5.91 Å². The van der Waals surface area contributed by atoms with Gasteiger partial charge in [0.2, 0.25) is 0 Å². The first-order chi connectivity index (χ1) is 17.3. The van der Waals surface area contributed by atoms with Crippen LogP contribution in [-0.2, 0) is 21.2 Å². The highest BCUT2D eigenvalue weighted by Gasteiger charge is 2.39. The first-order valence-corrected chi connectivity index (χ1v) is 12.6. The molecule has 0 spiro atoms. The largest absolute Gasteiger partial charge is 0.495 e. The van der Waals surface area contributed by atoms with Crippen LogP contribution in [0.4, 0.5) is 23.2 Å². The number of para-hydroxylation sites is 2. The van der Waals surface area contributed by atoms with Crippen molar-refractivity contribution in [3.63, 3.8) is 0 Å². The molecule has 2 amide bonds. The molecule has 15 heteroatoms. The van der Waals surface area contributed by atoms with Crippen molar-refractivity contribution < 1.29 is 45.4 Å². The molecule has 10 nitrogen and oxygen atoms in total. The zero-order valence-electron chi connectivity index (χ0n) is 19.5. The second-order valence-electron chi connectivity index (χ2n) is 8.05. The van der Waals surface area contributed by atoms with Crippen molar-refractivity contribution in [2.45, 2.75) is 19.1 Å². The van der Waals surface area contributed by atoms with E-state index in [0.717, 1.165) is 12.1 Å². The van der Waals surface area contributed by atoms with Gasteiger partial charge in [-0.1, -0.05) is 18.2 Å². The number of amides is 2. The zero-order valence-corrected chi connectivity index (χ0v) is 20.3. The monoisotopic (exact) mass is 548 g/mol. The third-order valence-electron chi connectivity index (χ3n) is 5.58. The fourth-order valence-electron chi connectivity index (χ4n) is 3.57. The molecule has 1 heterocycles. The summed E-state index contributed by atoms with van der Waals surface area (Å²) in [6.07, 6.45) is -6.59. The number of nitrogens with zero attached hydrogens (tertiary/aromatic N) is 2. The predicted octanol–water partition coefficient (Wildman–Crippen LogP) is 1.17. The third kappa shape index (κ3) is 7.08. The first-order valence-electron chi connectivity index (χ1n) is 10.8. The number of methoxy groups -OCH3 is 1. The Kier molecular flexibility index (Phi) is 8.60. The normalized spacial score (nSPS) is 16.5. The van der Waals surface area contributed by atoms with E-state index in [-0.39, 0.29) is 42.3 Å². The summed E-state index contributed by atoms with van der Waals surface area (Å²) in [5.74, 6) is -4.46. The number of rotatable bonds is 7. The van der Waals surface area contributed by atoms with Crippen molar-refractivity contribution >= 4 is 27.3 Å². The van der Waals surface area contributed by atoms with E-state index in [9.17, 15) is 40.7 Å². The summed E-state index contributed by atoms with van der Waals surface area (Å²) in [4.78, 5) is 25.8. The maximum absolute atomic E-state index is 15.0. The van der Waals surface area contributed by atoms with Crippen LogP contribution in [0.15, 0.2) is 42.5 Å². The van der Waals surface area contributed by atoms with Crippen molar-refractivity contribution in [3.05, 3.63) is 59.4 Å². The number of anilines is 1. The van der Waals surface area contributed by atoms with Crippen LogP contribution >= 0.6 is 0 Å². The smallest absolute Gasteiger partial charge is 0.472 e. The average Bonchev–Trinajstić information content (AvgIpc) is 2.85. The first kappa shape index (κ1) is 28.1. The number of carbonyl (C=O) groups is 2. The SMILES string of the molecule is COc1ccccc1N(Cc1ccc(C(=O)NNC(=O)C(F)(F)F)cc1F)C(O)N1CCS(=O)(=O)CC1. The number of ether oxygens (including phenoxy) is 1. The summed E-state index contributed by atoms with van der Waals surface area (Å²) in [5, 5.41) is 11.1. The van der Waals surface area contributed by atoms with Gasteiger partial charge in [-0.25, -0.2) is 12.8 Å². The Morgan fingerprint density at radius 2 is 1.78 bits per heavy atom. The van der Waals surface area contributed by atoms with E-state index in [1.807, 2.05) is 0 Å². The molecule has 1 atom stereocenters. The maximum atomic E-state index is 15.0. The Balaban J connectivity index is 1.84. The number of alkyl halides is 3. The second kappa shape index (κ2) is 11.3. The second-order valence-corrected chi connectivity index (χ2v) is 10.3. The van der Waals surface area contributed by atoms with Gasteiger partial charge >= 0.3 is 12.1 Å². The number of hydrazine groups is 1. The summed E-state index contributed by atoms with van der Waals surface area (Å²) < 4.78 is 80.8. The van der Waals surface area contributed by atoms with Gasteiger partial charge in [0.05, 0.1) is 24.3 Å². The van der Waals surface area contributed by atoms with Crippen LogP contribution in [0.2, 0.25) is 0 Å². The molecule has 0 saturated carbocycles. The fraction of sp³-hybridized carbons (Fsp3) is 0.364. The summed E-state index contributed by atoms with van der Waals surface area (Å²) in [7, 11) is -1.83. The Morgan fingerprint density at radius 1 is 1.14 bits per heavy atom. The Morgan fingerprint density at radius 3 is 2.38 bits per heavy atom. The molecular weight excluding hydrogens is 524 g/mol.